The highest BCUT2D eigenvalue weighted by molar-refractivity contribution is 5.87. The highest BCUT2D eigenvalue weighted by atomic mass is 16.5. The molecule has 0 N–H and O–H groups in total. The monoisotopic (exact) mass is 181 g/mol. The van der Waals surface area contributed by atoms with Crippen molar-refractivity contribution in [1.29, 1.82) is 0 Å². The minimum absolute atomic E-state index is 0.563. The van der Waals surface area contributed by atoms with E-state index in [-0.39, 0.29) is 0 Å². The Labute approximate surface area is 81.0 Å². The summed E-state index contributed by atoms with van der Waals surface area (Å²) in [6.07, 6.45) is 2.64. The van der Waals surface area contributed by atoms with Crippen LogP contribution in [0.4, 0.5) is 0 Å². The van der Waals surface area contributed by atoms with Crippen LogP contribution < -0.4 is 0 Å². The Morgan fingerprint density at radius 1 is 1.54 bits per heavy atom. The lowest BCUT2D eigenvalue weighted by Crippen LogP contribution is -2.05. The van der Waals surface area contributed by atoms with Crippen molar-refractivity contribution < 1.29 is 4.74 Å². The zero-order valence-electron chi connectivity index (χ0n) is 8.84. The Balaban J connectivity index is 3.86. The first-order valence-electron chi connectivity index (χ1n) is 4.55. The minimum atomic E-state index is 0.563. The fourth-order valence-electron chi connectivity index (χ4n) is 0.724. The van der Waals surface area contributed by atoms with Crippen molar-refractivity contribution in [3.05, 3.63) is 24.9 Å². The van der Waals surface area contributed by atoms with Crippen molar-refractivity contribution in [2.24, 2.45) is 10.9 Å². The van der Waals surface area contributed by atoms with Gasteiger partial charge in [-0.15, -0.1) is 0 Å². The van der Waals surface area contributed by atoms with E-state index in [1.54, 1.807) is 6.08 Å². The molecule has 0 spiro atoms. The zero-order chi connectivity index (χ0) is 10.3. The molecule has 0 aromatic heterocycles. The molecule has 0 aromatic rings. The molecule has 0 aromatic carbocycles. The molecule has 0 rings (SSSR count). The molecule has 0 aliphatic carbocycles. The third kappa shape index (κ3) is 7.32. The van der Waals surface area contributed by atoms with Crippen LogP contribution in [-0.2, 0) is 4.74 Å². The van der Waals surface area contributed by atoms with Crippen LogP contribution in [0.15, 0.2) is 29.9 Å². The molecule has 2 nitrogen and oxygen atoms in total. The van der Waals surface area contributed by atoms with Crippen molar-refractivity contribution in [1.82, 2.24) is 0 Å². The first-order chi connectivity index (χ1) is 6.06. The highest BCUT2D eigenvalue weighted by Crippen LogP contribution is 2.01. The molecule has 0 unspecified atom stereocenters. The van der Waals surface area contributed by atoms with Crippen LogP contribution in [0.25, 0.3) is 0 Å². The first kappa shape index (κ1) is 11.9. The van der Waals surface area contributed by atoms with E-state index >= 15 is 0 Å². The Hall–Kier alpha value is -1.05. The molecular formula is C11H19NO. The van der Waals surface area contributed by atoms with Gasteiger partial charge in [0, 0.05) is 5.70 Å². The van der Waals surface area contributed by atoms with Gasteiger partial charge >= 0.3 is 0 Å². The molecular weight excluding hydrogens is 162 g/mol. The summed E-state index contributed by atoms with van der Waals surface area (Å²) in [5, 5.41) is 0. The number of hydrogen-bond acceptors (Lipinski definition) is 2. The summed E-state index contributed by atoms with van der Waals surface area (Å²) in [5.74, 6) is 1.21. The second-order valence-electron chi connectivity index (χ2n) is 3.42. The van der Waals surface area contributed by atoms with Crippen LogP contribution in [0, 0.1) is 5.92 Å². The SMILES string of the molecule is C=CC(=NC(=C)C)OCCC(C)C. The van der Waals surface area contributed by atoms with Crippen molar-refractivity contribution in [3.8, 4) is 0 Å². The van der Waals surface area contributed by atoms with Gasteiger partial charge in [0.05, 0.1) is 6.61 Å². The normalized spacial score (nSPS) is 11.5. The maximum absolute atomic E-state index is 5.38. The molecule has 13 heavy (non-hydrogen) atoms. The number of aliphatic imine (C=N–C) groups is 1. The van der Waals surface area contributed by atoms with Gasteiger partial charge in [-0.3, -0.25) is 0 Å². The molecule has 0 heterocycles. The van der Waals surface area contributed by atoms with Crippen LogP contribution in [0.2, 0.25) is 0 Å². The molecule has 0 saturated carbocycles. The fraction of sp³-hybridized carbons (Fsp3) is 0.545. The van der Waals surface area contributed by atoms with Crippen LogP contribution in [-0.4, -0.2) is 12.5 Å². The highest BCUT2D eigenvalue weighted by Gasteiger charge is 1.97. The molecule has 0 aliphatic rings. The van der Waals surface area contributed by atoms with E-state index in [2.05, 4.69) is 32.0 Å². The Morgan fingerprint density at radius 3 is 2.54 bits per heavy atom. The Bertz CT molecular complexity index is 204. The van der Waals surface area contributed by atoms with E-state index < -0.39 is 0 Å². The maximum atomic E-state index is 5.38. The van der Waals surface area contributed by atoms with E-state index in [9.17, 15) is 0 Å². The number of hydrogen-bond donors (Lipinski definition) is 0. The van der Waals surface area contributed by atoms with Gasteiger partial charge < -0.3 is 4.74 Å². The van der Waals surface area contributed by atoms with Crippen LogP contribution >= 0.6 is 0 Å². The van der Waals surface area contributed by atoms with Crippen molar-refractivity contribution >= 4 is 5.90 Å². The molecule has 74 valence electrons. The Morgan fingerprint density at radius 2 is 2.15 bits per heavy atom. The summed E-state index contributed by atoms with van der Waals surface area (Å²) in [6.45, 7) is 14.1. The smallest absolute Gasteiger partial charge is 0.212 e. The summed E-state index contributed by atoms with van der Waals surface area (Å²) in [4.78, 5) is 4.07. The zero-order valence-corrected chi connectivity index (χ0v) is 8.84. The van der Waals surface area contributed by atoms with E-state index in [4.69, 9.17) is 4.74 Å². The predicted octanol–water partition coefficient (Wildman–Crippen LogP) is 3.17. The topological polar surface area (TPSA) is 21.6 Å². The molecule has 0 aliphatic heterocycles. The summed E-state index contributed by atoms with van der Waals surface area (Å²) >= 11 is 0. The van der Waals surface area contributed by atoms with E-state index in [0.717, 1.165) is 12.1 Å². The standard InChI is InChI=1S/C11H19NO/c1-6-11(12-10(4)5)13-8-7-9(2)3/h6,9H,1,4,7-8H2,2-3,5H3. The molecule has 0 amide bonds. The van der Waals surface area contributed by atoms with Crippen molar-refractivity contribution in [3.63, 3.8) is 0 Å². The van der Waals surface area contributed by atoms with Gasteiger partial charge in [-0.2, -0.15) is 0 Å². The van der Waals surface area contributed by atoms with Gasteiger partial charge in [0.1, 0.15) is 0 Å². The summed E-state index contributed by atoms with van der Waals surface area (Å²) in [6, 6.07) is 0. The van der Waals surface area contributed by atoms with Gasteiger partial charge in [0.15, 0.2) is 0 Å². The summed E-state index contributed by atoms with van der Waals surface area (Å²) < 4.78 is 5.38. The van der Waals surface area contributed by atoms with E-state index in [0.29, 0.717) is 18.4 Å². The molecule has 0 atom stereocenters. The minimum Gasteiger partial charge on any atom is -0.478 e. The van der Waals surface area contributed by atoms with Gasteiger partial charge in [-0.05, 0) is 25.3 Å². The average molecular weight is 181 g/mol. The fourth-order valence-corrected chi connectivity index (χ4v) is 0.724. The molecule has 2 heteroatoms. The van der Waals surface area contributed by atoms with Crippen LogP contribution in [0.5, 0.6) is 0 Å². The lowest BCUT2D eigenvalue weighted by molar-refractivity contribution is 0.279. The largest absolute Gasteiger partial charge is 0.478 e. The van der Waals surface area contributed by atoms with Crippen LogP contribution in [0.1, 0.15) is 27.2 Å². The van der Waals surface area contributed by atoms with Crippen molar-refractivity contribution in [2.45, 2.75) is 27.2 Å². The maximum Gasteiger partial charge on any atom is 0.212 e. The third-order valence-corrected chi connectivity index (χ3v) is 1.42. The molecule has 0 radical (unpaired) electrons. The molecule has 0 saturated heterocycles. The second-order valence-corrected chi connectivity index (χ2v) is 3.42. The lowest BCUT2D eigenvalue weighted by Gasteiger charge is -2.07. The van der Waals surface area contributed by atoms with Crippen LogP contribution in [0.3, 0.4) is 0 Å². The lowest BCUT2D eigenvalue weighted by atomic mass is 10.1. The number of ether oxygens (including phenoxy) is 1. The van der Waals surface area contributed by atoms with Gasteiger partial charge in [-0.25, -0.2) is 4.99 Å². The quantitative estimate of drug-likeness (QED) is 0.471. The second kappa shape index (κ2) is 6.46. The first-order valence-corrected chi connectivity index (χ1v) is 4.55. The van der Waals surface area contributed by atoms with E-state index in [1.165, 1.54) is 0 Å². The van der Waals surface area contributed by atoms with Crippen molar-refractivity contribution in [2.75, 3.05) is 6.61 Å². The molecule has 0 fully saturated rings. The average Bonchev–Trinajstić information content (AvgIpc) is 2.01. The Kier molecular flexibility index (Phi) is 5.94. The van der Waals surface area contributed by atoms with Gasteiger partial charge in [0.25, 0.3) is 0 Å². The third-order valence-electron chi connectivity index (χ3n) is 1.42. The summed E-state index contributed by atoms with van der Waals surface area (Å²) in [5.41, 5.74) is 0.736. The number of rotatable bonds is 5. The van der Waals surface area contributed by atoms with Gasteiger partial charge in [-0.1, -0.05) is 27.0 Å². The number of allylic oxidation sites excluding steroid dienone is 1. The number of nitrogens with zero attached hydrogens (tertiary/aromatic N) is 1. The summed E-state index contributed by atoms with van der Waals surface area (Å²) in [7, 11) is 0. The van der Waals surface area contributed by atoms with E-state index in [1.807, 2.05) is 6.92 Å². The van der Waals surface area contributed by atoms with Gasteiger partial charge in [0.2, 0.25) is 5.90 Å². The predicted molar refractivity (Wildman–Crippen MR) is 57.9 cm³/mol. The molecule has 0 bridgehead atoms.